The topological polar surface area (TPSA) is 74.8 Å². The maximum Gasteiger partial charge on any atom is 0.264 e. The Hall–Kier alpha value is -3.76. The van der Waals surface area contributed by atoms with Crippen LogP contribution in [-0.2, 0) is 20.0 Å². The molecule has 0 unspecified atom stereocenters. The van der Waals surface area contributed by atoms with Crippen LogP contribution in [0.25, 0.3) is 0 Å². The van der Waals surface area contributed by atoms with Gasteiger partial charge in [-0.25, -0.2) is 25.6 Å². The van der Waals surface area contributed by atoms with E-state index in [0.717, 1.165) is 57.1 Å². The van der Waals surface area contributed by atoms with Crippen LogP contribution < -0.4 is 8.61 Å². The maximum absolute atomic E-state index is 13.5. The molecule has 6 nitrogen and oxygen atoms in total. The van der Waals surface area contributed by atoms with Crippen molar-refractivity contribution in [1.29, 1.82) is 0 Å². The van der Waals surface area contributed by atoms with Crippen molar-refractivity contribution >= 4 is 31.4 Å². The summed E-state index contributed by atoms with van der Waals surface area (Å²) in [6.07, 6.45) is 0. The number of hydrogen-bond donors (Lipinski definition) is 0. The summed E-state index contributed by atoms with van der Waals surface area (Å²) in [4.78, 5) is -0.277. The number of hydrogen-bond acceptors (Lipinski definition) is 4. The molecular weight excluding hydrogens is 506 g/mol. The smallest absolute Gasteiger partial charge is 0.264 e. The fraction of sp³-hybridized carbons (Fsp3) is 0.0769. The predicted molar refractivity (Wildman–Crippen MR) is 135 cm³/mol. The summed E-state index contributed by atoms with van der Waals surface area (Å²) in [5.74, 6) is -1.17. The van der Waals surface area contributed by atoms with Crippen LogP contribution in [0.2, 0.25) is 0 Å². The minimum Gasteiger partial charge on any atom is -0.265 e. The van der Waals surface area contributed by atoms with Gasteiger partial charge in [0, 0.05) is 0 Å². The summed E-state index contributed by atoms with van der Waals surface area (Å²) in [6, 6.07) is 25.2. The molecule has 0 spiro atoms. The molecule has 36 heavy (non-hydrogen) atoms. The molecule has 0 bridgehead atoms. The van der Waals surface area contributed by atoms with E-state index < -0.39 is 31.7 Å². The fourth-order valence-corrected chi connectivity index (χ4v) is 6.53. The quantitative estimate of drug-likeness (QED) is 0.305. The lowest BCUT2D eigenvalue weighted by atomic mass is 10.3. The van der Waals surface area contributed by atoms with Crippen LogP contribution in [0.15, 0.2) is 119 Å². The molecule has 0 aliphatic carbocycles. The summed E-state index contributed by atoms with van der Waals surface area (Å²) in [5, 5.41) is 0. The molecular formula is C26H22F2N2O4S2. The van der Waals surface area contributed by atoms with Crippen molar-refractivity contribution in [2.45, 2.75) is 9.79 Å². The molecule has 0 radical (unpaired) electrons. The van der Waals surface area contributed by atoms with Crippen molar-refractivity contribution in [1.82, 2.24) is 0 Å². The predicted octanol–water partition coefficient (Wildman–Crippen LogP) is 5.06. The van der Waals surface area contributed by atoms with Gasteiger partial charge in [-0.05, 0) is 72.8 Å². The number of sulfonamides is 2. The van der Waals surface area contributed by atoms with E-state index in [1.807, 2.05) is 0 Å². The van der Waals surface area contributed by atoms with Crippen molar-refractivity contribution in [2.75, 3.05) is 21.7 Å². The molecule has 4 aromatic rings. The first-order valence-electron chi connectivity index (χ1n) is 10.9. The lowest BCUT2D eigenvalue weighted by Crippen LogP contribution is -2.41. The van der Waals surface area contributed by atoms with E-state index in [4.69, 9.17) is 0 Å². The molecule has 4 rings (SSSR count). The third-order valence-corrected chi connectivity index (χ3v) is 9.08. The average molecular weight is 529 g/mol. The standard InChI is InChI=1S/C26H22F2N2O4S2/c27-21-11-15-25(16-12-21)35(31,32)29(23-7-3-1-4-8-23)19-20-30(24-9-5-2-6-10-24)36(33,34)26-17-13-22(28)14-18-26/h1-18H,19-20H2. The van der Waals surface area contributed by atoms with Gasteiger partial charge in [0.1, 0.15) is 11.6 Å². The van der Waals surface area contributed by atoms with E-state index in [2.05, 4.69) is 0 Å². The van der Waals surface area contributed by atoms with Gasteiger partial charge in [0.25, 0.3) is 20.0 Å². The van der Waals surface area contributed by atoms with E-state index in [-0.39, 0.29) is 22.9 Å². The van der Waals surface area contributed by atoms with E-state index in [1.165, 1.54) is 0 Å². The van der Waals surface area contributed by atoms with Gasteiger partial charge < -0.3 is 0 Å². The zero-order valence-corrected chi connectivity index (χ0v) is 20.5. The van der Waals surface area contributed by atoms with Gasteiger partial charge in [0.05, 0.1) is 34.3 Å². The number of para-hydroxylation sites is 2. The summed E-state index contributed by atoms with van der Waals surface area (Å²) in [6.45, 7) is -0.502. The average Bonchev–Trinajstić information content (AvgIpc) is 2.88. The molecule has 186 valence electrons. The van der Waals surface area contributed by atoms with Crippen molar-refractivity contribution in [3.63, 3.8) is 0 Å². The number of nitrogens with zero attached hydrogens (tertiary/aromatic N) is 2. The lowest BCUT2D eigenvalue weighted by Gasteiger charge is -2.29. The monoisotopic (exact) mass is 528 g/mol. The Morgan fingerprint density at radius 2 is 0.778 bits per heavy atom. The van der Waals surface area contributed by atoms with E-state index in [0.29, 0.717) is 11.4 Å². The van der Waals surface area contributed by atoms with Crippen LogP contribution in [0.3, 0.4) is 0 Å². The minimum atomic E-state index is -4.17. The van der Waals surface area contributed by atoms with Crippen LogP contribution in [0.4, 0.5) is 20.2 Å². The second-order valence-electron chi connectivity index (χ2n) is 7.73. The summed E-state index contributed by atoms with van der Waals surface area (Å²) < 4.78 is 83.2. The van der Waals surface area contributed by atoms with Crippen LogP contribution in [-0.4, -0.2) is 29.9 Å². The Morgan fingerprint density at radius 1 is 0.472 bits per heavy atom. The van der Waals surface area contributed by atoms with Gasteiger partial charge >= 0.3 is 0 Å². The van der Waals surface area contributed by atoms with Crippen molar-refractivity contribution in [2.24, 2.45) is 0 Å². The first-order valence-corrected chi connectivity index (χ1v) is 13.7. The Labute approximate surface area is 209 Å². The Kier molecular flexibility index (Phi) is 7.37. The Balaban J connectivity index is 1.75. The Bertz CT molecular complexity index is 1400. The minimum absolute atomic E-state index is 0.139. The molecule has 0 aromatic heterocycles. The molecule has 0 N–H and O–H groups in total. The number of halogens is 2. The van der Waals surface area contributed by atoms with Crippen LogP contribution in [0.5, 0.6) is 0 Å². The molecule has 0 saturated heterocycles. The van der Waals surface area contributed by atoms with Crippen molar-refractivity contribution in [3.05, 3.63) is 121 Å². The third kappa shape index (κ3) is 5.39. The van der Waals surface area contributed by atoms with E-state index in [9.17, 15) is 25.6 Å². The van der Waals surface area contributed by atoms with Gasteiger partial charge in [0.2, 0.25) is 0 Å². The maximum atomic E-state index is 13.5. The highest BCUT2D eigenvalue weighted by molar-refractivity contribution is 7.93. The normalized spacial score (nSPS) is 11.7. The lowest BCUT2D eigenvalue weighted by molar-refractivity contribution is 0.583. The molecule has 10 heteroatoms. The highest BCUT2D eigenvalue weighted by atomic mass is 32.2. The van der Waals surface area contributed by atoms with Crippen LogP contribution >= 0.6 is 0 Å². The first-order chi connectivity index (χ1) is 17.2. The van der Waals surface area contributed by atoms with Crippen molar-refractivity contribution in [3.8, 4) is 0 Å². The molecule has 4 aromatic carbocycles. The Morgan fingerprint density at radius 3 is 1.08 bits per heavy atom. The second kappa shape index (κ2) is 10.5. The molecule has 0 fully saturated rings. The highest BCUT2D eigenvalue weighted by Gasteiger charge is 2.29. The van der Waals surface area contributed by atoms with E-state index >= 15 is 0 Å². The first kappa shape index (κ1) is 25.3. The van der Waals surface area contributed by atoms with Gasteiger partial charge in [-0.3, -0.25) is 8.61 Å². The van der Waals surface area contributed by atoms with Crippen molar-refractivity contribution < 1.29 is 25.6 Å². The largest absolute Gasteiger partial charge is 0.265 e. The molecule has 0 atom stereocenters. The zero-order valence-electron chi connectivity index (χ0n) is 18.9. The van der Waals surface area contributed by atoms with Gasteiger partial charge in [-0.2, -0.15) is 0 Å². The van der Waals surface area contributed by atoms with Gasteiger partial charge in [-0.15, -0.1) is 0 Å². The van der Waals surface area contributed by atoms with Crippen LogP contribution in [0.1, 0.15) is 0 Å². The third-order valence-electron chi connectivity index (χ3n) is 5.40. The van der Waals surface area contributed by atoms with Gasteiger partial charge in [-0.1, -0.05) is 36.4 Å². The van der Waals surface area contributed by atoms with E-state index in [1.54, 1.807) is 60.7 Å². The molecule has 0 saturated carbocycles. The fourth-order valence-electron chi connectivity index (χ4n) is 3.61. The molecule has 0 amide bonds. The molecule has 0 aliphatic rings. The molecule has 0 aliphatic heterocycles. The summed E-state index contributed by atoms with van der Waals surface area (Å²) in [7, 11) is -8.34. The number of rotatable bonds is 9. The zero-order chi connectivity index (χ0) is 25.8. The SMILES string of the molecule is O=S(=O)(c1ccc(F)cc1)N(CCN(c1ccccc1)S(=O)(=O)c1ccc(F)cc1)c1ccccc1. The number of anilines is 2. The molecule has 0 heterocycles. The summed E-state index contributed by atoms with van der Waals surface area (Å²) >= 11 is 0. The van der Waals surface area contributed by atoms with Crippen LogP contribution in [0, 0.1) is 11.6 Å². The second-order valence-corrected chi connectivity index (χ2v) is 11.5. The summed E-state index contributed by atoms with van der Waals surface area (Å²) in [5.41, 5.74) is 0.628. The van der Waals surface area contributed by atoms with Gasteiger partial charge in [0.15, 0.2) is 0 Å². The highest BCUT2D eigenvalue weighted by Crippen LogP contribution is 2.27. The number of benzene rings is 4.